The molecule has 2 N–H and O–H groups in total. The number of carbonyl (C=O) groups excluding carboxylic acids is 2. The molecule has 1 aliphatic rings. The second-order valence-corrected chi connectivity index (χ2v) is 9.23. The highest BCUT2D eigenvalue weighted by Crippen LogP contribution is 2.32. The van der Waals surface area contributed by atoms with Gasteiger partial charge < -0.3 is 20.2 Å². The number of hydrogen-bond donors (Lipinski definition) is 2. The standard InChI is InChI=1S/C29H27N5O4/c35-19-34(26(15-29(37)38)22-13-21-7-1-2-9-25(21)31-17-22)24-14-28(36)33(18-24)23-8-5-6-20(12-23)16-32-27-10-3-4-11-30-27/h1-13,17,19,24,26H,14-16,18H2,(H,30,32)(H,37,38). The molecule has 2 unspecified atom stereocenters. The average Bonchev–Trinajstić information content (AvgIpc) is 3.33. The molecule has 9 heteroatoms. The molecule has 0 radical (unpaired) electrons. The number of carboxylic acid groups (broad SMARTS) is 1. The van der Waals surface area contributed by atoms with E-state index in [0.29, 0.717) is 18.5 Å². The molecule has 192 valence electrons. The number of carboxylic acids is 1. The van der Waals surface area contributed by atoms with Crippen LogP contribution in [0.2, 0.25) is 0 Å². The van der Waals surface area contributed by atoms with E-state index in [4.69, 9.17) is 0 Å². The monoisotopic (exact) mass is 509 g/mol. The molecule has 1 saturated heterocycles. The number of anilines is 2. The maximum atomic E-state index is 13.1. The van der Waals surface area contributed by atoms with Crippen LogP contribution in [0.25, 0.3) is 10.9 Å². The Morgan fingerprint density at radius 3 is 2.74 bits per heavy atom. The minimum atomic E-state index is -1.04. The first-order valence-electron chi connectivity index (χ1n) is 12.4. The van der Waals surface area contributed by atoms with Crippen molar-refractivity contribution in [2.45, 2.75) is 31.5 Å². The van der Waals surface area contributed by atoms with Crippen LogP contribution in [0.1, 0.15) is 30.0 Å². The second-order valence-electron chi connectivity index (χ2n) is 9.23. The molecule has 3 heterocycles. The van der Waals surface area contributed by atoms with E-state index < -0.39 is 18.1 Å². The first-order chi connectivity index (χ1) is 18.5. The molecule has 5 rings (SSSR count). The number of fused-ring (bicyclic) bond motifs is 1. The molecular weight excluding hydrogens is 482 g/mol. The fourth-order valence-electron chi connectivity index (χ4n) is 4.88. The van der Waals surface area contributed by atoms with Gasteiger partial charge >= 0.3 is 5.97 Å². The lowest BCUT2D eigenvalue weighted by molar-refractivity contribution is -0.139. The van der Waals surface area contributed by atoms with Crippen LogP contribution in [0.5, 0.6) is 0 Å². The molecule has 0 spiro atoms. The Labute approximate surface area is 219 Å². The average molecular weight is 510 g/mol. The van der Waals surface area contributed by atoms with E-state index in [2.05, 4.69) is 15.3 Å². The zero-order valence-electron chi connectivity index (χ0n) is 20.6. The number of benzene rings is 2. The first-order valence-corrected chi connectivity index (χ1v) is 12.4. The molecule has 38 heavy (non-hydrogen) atoms. The molecule has 0 aliphatic carbocycles. The highest BCUT2D eigenvalue weighted by Gasteiger charge is 2.38. The maximum absolute atomic E-state index is 13.1. The molecule has 0 saturated carbocycles. The van der Waals surface area contributed by atoms with Gasteiger partial charge in [-0.15, -0.1) is 0 Å². The summed E-state index contributed by atoms with van der Waals surface area (Å²) in [6.45, 7) is 0.804. The van der Waals surface area contributed by atoms with Crippen LogP contribution in [0.3, 0.4) is 0 Å². The van der Waals surface area contributed by atoms with Crippen molar-refractivity contribution in [3.63, 3.8) is 0 Å². The smallest absolute Gasteiger partial charge is 0.305 e. The van der Waals surface area contributed by atoms with Crippen LogP contribution in [-0.4, -0.2) is 50.8 Å². The van der Waals surface area contributed by atoms with Crippen molar-refractivity contribution in [2.24, 2.45) is 0 Å². The van der Waals surface area contributed by atoms with E-state index in [1.54, 1.807) is 17.3 Å². The number of amides is 2. The van der Waals surface area contributed by atoms with E-state index in [1.807, 2.05) is 72.8 Å². The molecule has 2 atom stereocenters. The normalized spacial score (nSPS) is 15.8. The van der Waals surface area contributed by atoms with Gasteiger partial charge in [-0.3, -0.25) is 19.4 Å². The molecule has 1 aliphatic heterocycles. The van der Waals surface area contributed by atoms with E-state index >= 15 is 0 Å². The van der Waals surface area contributed by atoms with Gasteiger partial charge in [-0.1, -0.05) is 36.4 Å². The Kier molecular flexibility index (Phi) is 7.26. The molecule has 2 aromatic heterocycles. The van der Waals surface area contributed by atoms with Crippen molar-refractivity contribution in [3.05, 3.63) is 96.3 Å². The summed E-state index contributed by atoms with van der Waals surface area (Å²) in [6.07, 6.45) is 3.78. The summed E-state index contributed by atoms with van der Waals surface area (Å²) in [4.78, 5) is 49.0. The van der Waals surface area contributed by atoms with Gasteiger partial charge in [-0.2, -0.15) is 0 Å². The van der Waals surface area contributed by atoms with Crippen LogP contribution in [-0.2, 0) is 20.9 Å². The van der Waals surface area contributed by atoms with Gasteiger partial charge in [0, 0.05) is 43.0 Å². The van der Waals surface area contributed by atoms with E-state index in [1.165, 1.54) is 4.90 Å². The zero-order valence-corrected chi connectivity index (χ0v) is 20.6. The van der Waals surface area contributed by atoms with Crippen molar-refractivity contribution < 1.29 is 19.5 Å². The Morgan fingerprint density at radius 1 is 1.11 bits per heavy atom. The van der Waals surface area contributed by atoms with Gasteiger partial charge in [0.1, 0.15) is 5.82 Å². The molecule has 0 bridgehead atoms. The number of nitrogens with one attached hydrogen (secondary N) is 1. The predicted molar refractivity (Wildman–Crippen MR) is 143 cm³/mol. The minimum absolute atomic E-state index is 0.103. The van der Waals surface area contributed by atoms with Gasteiger partial charge in [-0.05, 0) is 47.5 Å². The third-order valence-corrected chi connectivity index (χ3v) is 6.73. The Balaban J connectivity index is 1.36. The molecule has 2 amide bonds. The first kappa shape index (κ1) is 24.9. The summed E-state index contributed by atoms with van der Waals surface area (Å²) in [5, 5.41) is 13.8. The lowest BCUT2D eigenvalue weighted by atomic mass is 10.00. The fourth-order valence-corrected chi connectivity index (χ4v) is 4.88. The van der Waals surface area contributed by atoms with Crippen LogP contribution in [0.15, 0.2) is 85.2 Å². The molecule has 9 nitrogen and oxygen atoms in total. The number of carbonyl (C=O) groups is 3. The highest BCUT2D eigenvalue weighted by molar-refractivity contribution is 5.96. The third-order valence-electron chi connectivity index (χ3n) is 6.73. The lowest BCUT2D eigenvalue weighted by Gasteiger charge is -2.32. The molecule has 1 fully saturated rings. The lowest BCUT2D eigenvalue weighted by Crippen LogP contribution is -2.40. The van der Waals surface area contributed by atoms with Crippen molar-refractivity contribution in [1.82, 2.24) is 14.9 Å². The highest BCUT2D eigenvalue weighted by atomic mass is 16.4. The minimum Gasteiger partial charge on any atom is -0.481 e. The summed E-state index contributed by atoms with van der Waals surface area (Å²) >= 11 is 0. The fraction of sp³-hybridized carbons (Fsp3) is 0.207. The number of aliphatic carboxylic acids is 1. The third kappa shape index (κ3) is 5.46. The van der Waals surface area contributed by atoms with Crippen molar-refractivity contribution in [3.8, 4) is 0 Å². The Hall–Kier alpha value is -4.79. The summed E-state index contributed by atoms with van der Waals surface area (Å²) in [7, 11) is 0. The van der Waals surface area contributed by atoms with E-state index in [0.717, 1.165) is 28.0 Å². The SMILES string of the molecule is O=CN(C1CC(=O)N(c2cccc(CNc3ccccn3)c2)C1)C(CC(=O)O)c1cnc2ccccc2c1. The van der Waals surface area contributed by atoms with Gasteiger partial charge in [0.2, 0.25) is 12.3 Å². The van der Waals surface area contributed by atoms with Gasteiger partial charge in [-0.25, -0.2) is 4.98 Å². The van der Waals surface area contributed by atoms with Crippen molar-refractivity contribution in [2.75, 3.05) is 16.8 Å². The van der Waals surface area contributed by atoms with Gasteiger partial charge in [0.05, 0.1) is 24.0 Å². The maximum Gasteiger partial charge on any atom is 0.305 e. The molecule has 2 aromatic carbocycles. The van der Waals surface area contributed by atoms with Crippen LogP contribution in [0.4, 0.5) is 11.5 Å². The summed E-state index contributed by atoms with van der Waals surface area (Å²) in [5.41, 5.74) is 3.10. The quantitative estimate of drug-likeness (QED) is 0.310. The summed E-state index contributed by atoms with van der Waals surface area (Å²) in [6, 6.07) is 21.4. The van der Waals surface area contributed by atoms with Crippen LogP contribution in [0, 0.1) is 0 Å². The zero-order chi connectivity index (χ0) is 26.5. The van der Waals surface area contributed by atoms with Gasteiger partial charge in [0.25, 0.3) is 0 Å². The number of pyridine rings is 2. The Bertz CT molecular complexity index is 1460. The largest absolute Gasteiger partial charge is 0.481 e. The molecular formula is C29H27N5O4. The second kappa shape index (κ2) is 11.1. The predicted octanol–water partition coefficient (Wildman–Crippen LogP) is 4.02. The summed E-state index contributed by atoms with van der Waals surface area (Å²) < 4.78 is 0. The molecule has 4 aromatic rings. The van der Waals surface area contributed by atoms with Crippen molar-refractivity contribution in [1.29, 1.82) is 0 Å². The Morgan fingerprint density at radius 2 is 1.95 bits per heavy atom. The van der Waals surface area contributed by atoms with Crippen LogP contribution >= 0.6 is 0 Å². The van der Waals surface area contributed by atoms with Crippen molar-refractivity contribution >= 4 is 40.7 Å². The number of nitrogens with zero attached hydrogens (tertiary/aromatic N) is 4. The van der Waals surface area contributed by atoms with Gasteiger partial charge in [0.15, 0.2) is 0 Å². The topological polar surface area (TPSA) is 116 Å². The number of para-hydroxylation sites is 1. The number of aromatic nitrogens is 2. The number of rotatable bonds is 10. The summed E-state index contributed by atoms with van der Waals surface area (Å²) in [5.74, 6) is -0.406. The van der Waals surface area contributed by atoms with E-state index in [-0.39, 0.29) is 25.3 Å². The number of hydrogen-bond acceptors (Lipinski definition) is 6. The van der Waals surface area contributed by atoms with E-state index in [9.17, 15) is 19.5 Å². The van der Waals surface area contributed by atoms with Crippen LogP contribution < -0.4 is 10.2 Å².